The molecule has 1 saturated carbocycles. The second kappa shape index (κ2) is 7.95. The van der Waals surface area contributed by atoms with Gasteiger partial charge in [-0.05, 0) is 37.0 Å². The predicted molar refractivity (Wildman–Crippen MR) is 106 cm³/mol. The number of carbonyl (C=O) groups excluding carboxylic acids is 4. The zero-order chi connectivity index (χ0) is 21.4. The first kappa shape index (κ1) is 21.6. The van der Waals surface area contributed by atoms with E-state index in [-0.39, 0.29) is 47.9 Å². The summed E-state index contributed by atoms with van der Waals surface area (Å²) in [5.74, 6) is -0.0997. The highest BCUT2D eigenvalue weighted by molar-refractivity contribution is 5.86. The third-order valence-corrected chi connectivity index (χ3v) is 7.51. The molecule has 0 unspecified atom stereocenters. The van der Waals surface area contributed by atoms with Gasteiger partial charge in [0.2, 0.25) is 17.7 Å². The van der Waals surface area contributed by atoms with Gasteiger partial charge in [0.25, 0.3) is 0 Å². The molecule has 1 aliphatic carbocycles. The van der Waals surface area contributed by atoms with Crippen LogP contribution in [0.15, 0.2) is 0 Å². The highest BCUT2D eigenvalue weighted by Crippen LogP contribution is 2.62. The minimum absolute atomic E-state index is 0.00496. The lowest BCUT2D eigenvalue weighted by Gasteiger charge is -2.44. The minimum Gasteiger partial charge on any atom is -0.469 e. The number of hydrogen-bond donors (Lipinski definition) is 0. The Morgan fingerprint density at radius 2 is 1.66 bits per heavy atom. The van der Waals surface area contributed by atoms with Gasteiger partial charge in [0, 0.05) is 53.6 Å². The van der Waals surface area contributed by atoms with Gasteiger partial charge in [-0.1, -0.05) is 0 Å². The van der Waals surface area contributed by atoms with Crippen LogP contribution < -0.4 is 0 Å². The summed E-state index contributed by atoms with van der Waals surface area (Å²) in [5, 5.41) is 0. The maximum Gasteiger partial charge on any atom is 0.306 e. The molecule has 2 atom stereocenters. The average molecular weight is 408 g/mol. The summed E-state index contributed by atoms with van der Waals surface area (Å²) >= 11 is 0. The number of esters is 1. The van der Waals surface area contributed by atoms with Crippen LogP contribution in [0.5, 0.6) is 0 Å². The number of nitrogens with zero attached hydrogens (tertiary/aromatic N) is 3. The SMILES string of the molecule is COC(=O)CCC(=O)N1CCC2(CC1)CC[C@]1(C(=O)N(C)C)CN(C(C)=O)C[C@H]21. The van der Waals surface area contributed by atoms with E-state index in [0.717, 1.165) is 25.7 Å². The molecule has 0 aromatic heterocycles. The van der Waals surface area contributed by atoms with Crippen LogP contribution in [0.3, 0.4) is 0 Å². The van der Waals surface area contributed by atoms with E-state index >= 15 is 0 Å². The monoisotopic (exact) mass is 407 g/mol. The van der Waals surface area contributed by atoms with E-state index in [1.54, 1.807) is 25.9 Å². The van der Waals surface area contributed by atoms with Gasteiger partial charge >= 0.3 is 5.97 Å². The molecule has 162 valence electrons. The zero-order valence-electron chi connectivity index (χ0n) is 18.0. The van der Waals surface area contributed by atoms with Crippen LogP contribution in [-0.2, 0) is 23.9 Å². The number of piperidine rings is 1. The van der Waals surface area contributed by atoms with Gasteiger partial charge in [-0.25, -0.2) is 0 Å². The van der Waals surface area contributed by atoms with Gasteiger partial charge < -0.3 is 19.4 Å². The number of likely N-dealkylation sites (tertiary alicyclic amines) is 2. The number of amides is 3. The first-order chi connectivity index (χ1) is 13.6. The molecule has 29 heavy (non-hydrogen) atoms. The van der Waals surface area contributed by atoms with Crippen molar-refractivity contribution in [3.05, 3.63) is 0 Å². The van der Waals surface area contributed by atoms with Gasteiger partial charge in [0.1, 0.15) is 0 Å². The Hall–Kier alpha value is -2.12. The van der Waals surface area contributed by atoms with E-state index in [4.69, 9.17) is 0 Å². The number of carbonyl (C=O) groups is 4. The Balaban J connectivity index is 1.72. The number of rotatable bonds is 4. The van der Waals surface area contributed by atoms with E-state index in [1.165, 1.54) is 7.11 Å². The smallest absolute Gasteiger partial charge is 0.306 e. The fourth-order valence-electron chi connectivity index (χ4n) is 5.87. The Kier molecular flexibility index (Phi) is 5.92. The second-order valence-corrected chi connectivity index (χ2v) is 9.13. The highest BCUT2D eigenvalue weighted by Gasteiger charge is 2.65. The Labute approximate surface area is 172 Å². The Morgan fingerprint density at radius 3 is 2.21 bits per heavy atom. The summed E-state index contributed by atoms with van der Waals surface area (Å²) in [4.78, 5) is 54.4. The average Bonchev–Trinajstić information content (AvgIpc) is 3.23. The molecule has 0 aromatic rings. The fourth-order valence-corrected chi connectivity index (χ4v) is 5.87. The van der Waals surface area contributed by atoms with Crippen molar-refractivity contribution < 1.29 is 23.9 Å². The molecule has 8 heteroatoms. The molecule has 3 fully saturated rings. The maximum atomic E-state index is 13.2. The standard InChI is InChI=1S/C21H33N3O5/c1-15(25)24-13-16-20(7-8-21(16,14-24)19(28)22(2)3)9-11-23(12-10-20)17(26)5-6-18(27)29-4/h16H,5-14H2,1-4H3/t16-,21+/m1/s1. The molecule has 3 aliphatic rings. The Morgan fingerprint density at radius 1 is 1.00 bits per heavy atom. The number of methoxy groups -OCH3 is 1. The Bertz CT molecular complexity index is 698. The van der Waals surface area contributed by atoms with Gasteiger partial charge in [-0.15, -0.1) is 0 Å². The summed E-state index contributed by atoms with van der Waals surface area (Å²) in [5.41, 5.74) is -0.499. The molecule has 3 rings (SSSR count). The number of ether oxygens (including phenoxy) is 1. The normalized spacial score (nSPS) is 27.7. The molecule has 0 radical (unpaired) electrons. The summed E-state index contributed by atoms with van der Waals surface area (Å²) in [6, 6.07) is 0. The van der Waals surface area contributed by atoms with Crippen LogP contribution in [0.1, 0.15) is 45.4 Å². The molecule has 0 N–H and O–H groups in total. The van der Waals surface area contributed by atoms with Crippen molar-refractivity contribution in [2.24, 2.45) is 16.7 Å². The highest BCUT2D eigenvalue weighted by atomic mass is 16.5. The van der Waals surface area contributed by atoms with Crippen LogP contribution >= 0.6 is 0 Å². The largest absolute Gasteiger partial charge is 0.469 e. The topological polar surface area (TPSA) is 87.2 Å². The molecule has 1 spiro atoms. The quantitative estimate of drug-likeness (QED) is 0.646. The zero-order valence-corrected chi connectivity index (χ0v) is 18.0. The van der Waals surface area contributed by atoms with Gasteiger partial charge in [-0.3, -0.25) is 19.2 Å². The summed E-state index contributed by atoms with van der Waals surface area (Å²) in [7, 11) is 4.90. The number of fused-ring (bicyclic) bond motifs is 2. The van der Waals surface area contributed by atoms with E-state index in [0.29, 0.717) is 26.2 Å². The summed E-state index contributed by atoms with van der Waals surface area (Å²) < 4.78 is 4.62. The third-order valence-electron chi connectivity index (χ3n) is 7.51. The van der Waals surface area contributed by atoms with Crippen LogP contribution in [0.4, 0.5) is 0 Å². The van der Waals surface area contributed by atoms with Crippen molar-refractivity contribution in [2.45, 2.75) is 45.4 Å². The molecule has 0 bridgehead atoms. The van der Waals surface area contributed by atoms with E-state index in [9.17, 15) is 19.2 Å². The van der Waals surface area contributed by atoms with Gasteiger partial charge in [0.15, 0.2) is 0 Å². The molecule has 0 aromatic carbocycles. The van der Waals surface area contributed by atoms with Crippen molar-refractivity contribution in [3.63, 3.8) is 0 Å². The lowest BCUT2D eigenvalue weighted by atomic mass is 9.65. The first-order valence-electron chi connectivity index (χ1n) is 10.5. The lowest BCUT2D eigenvalue weighted by Crippen LogP contribution is -2.49. The lowest BCUT2D eigenvalue weighted by molar-refractivity contribution is -0.144. The van der Waals surface area contributed by atoms with Crippen LogP contribution in [-0.4, -0.2) is 85.8 Å². The number of hydrogen-bond acceptors (Lipinski definition) is 5. The van der Waals surface area contributed by atoms with Crippen molar-refractivity contribution in [2.75, 3.05) is 47.4 Å². The van der Waals surface area contributed by atoms with E-state index < -0.39 is 5.41 Å². The molecular weight excluding hydrogens is 374 g/mol. The second-order valence-electron chi connectivity index (χ2n) is 9.13. The molecule has 8 nitrogen and oxygen atoms in total. The summed E-state index contributed by atoms with van der Waals surface area (Å²) in [6.45, 7) is 3.99. The molecule has 2 aliphatic heterocycles. The first-order valence-corrected chi connectivity index (χ1v) is 10.5. The van der Waals surface area contributed by atoms with Gasteiger partial charge in [0.05, 0.1) is 18.9 Å². The van der Waals surface area contributed by atoms with E-state index in [1.807, 2.05) is 9.80 Å². The maximum absolute atomic E-state index is 13.2. The molecular formula is C21H33N3O5. The predicted octanol–water partition coefficient (Wildman–Crippen LogP) is 0.895. The van der Waals surface area contributed by atoms with Crippen LogP contribution in [0.2, 0.25) is 0 Å². The van der Waals surface area contributed by atoms with Crippen LogP contribution in [0, 0.1) is 16.7 Å². The van der Waals surface area contributed by atoms with E-state index in [2.05, 4.69) is 4.74 Å². The third kappa shape index (κ3) is 3.73. The summed E-state index contributed by atoms with van der Waals surface area (Å²) in [6.07, 6.45) is 3.73. The van der Waals surface area contributed by atoms with Crippen molar-refractivity contribution in [1.29, 1.82) is 0 Å². The molecule has 2 heterocycles. The molecule has 3 amide bonds. The van der Waals surface area contributed by atoms with Crippen LogP contribution in [0.25, 0.3) is 0 Å². The fraction of sp³-hybridized carbons (Fsp3) is 0.810. The van der Waals surface area contributed by atoms with Crippen molar-refractivity contribution >= 4 is 23.7 Å². The molecule has 2 saturated heterocycles. The van der Waals surface area contributed by atoms with Gasteiger partial charge in [-0.2, -0.15) is 0 Å². The van der Waals surface area contributed by atoms with Crippen molar-refractivity contribution in [1.82, 2.24) is 14.7 Å². The minimum atomic E-state index is -0.494. The van der Waals surface area contributed by atoms with Crippen molar-refractivity contribution in [3.8, 4) is 0 Å².